The van der Waals surface area contributed by atoms with Gasteiger partial charge in [0.15, 0.2) is 6.61 Å². The molecule has 0 saturated carbocycles. The third-order valence-corrected chi connectivity index (χ3v) is 5.23. The fourth-order valence-electron chi connectivity index (χ4n) is 3.51. The van der Waals surface area contributed by atoms with E-state index in [1.807, 2.05) is 72.8 Å². The number of carbonyl (C=O) groups is 1. The van der Waals surface area contributed by atoms with Gasteiger partial charge in [0, 0.05) is 11.1 Å². The van der Waals surface area contributed by atoms with Crippen LogP contribution in [0.1, 0.15) is 17.0 Å². The van der Waals surface area contributed by atoms with Crippen LogP contribution in [0.3, 0.4) is 0 Å². The molecule has 9 nitrogen and oxygen atoms in total. The van der Waals surface area contributed by atoms with Crippen LogP contribution in [-0.2, 0) is 6.61 Å². The maximum Gasteiger partial charge on any atom is 0.343 e. The van der Waals surface area contributed by atoms with Crippen LogP contribution in [0, 0.1) is 0 Å². The average molecular weight is 479 g/mol. The minimum atomic E-state index is -0.659. The fraction of sp³-hybridized carbons (Fsp3) is 0.0370. The normalized spacial score (nSPS) is 11.3. The quantitative estimate of drug-likeness (QED) is 0.221. The van der Waals surface area contributed by atoms with E-state index in [4.69, 9.17) is 9.15 Å². The van der Waals surface area contributed by atoms with Crippen LogP contribution in [0.25, 0.3) is 10.8 Å². The Bertz CT molecular complexity index is 1510. The number of phenolic OH excluding ortho intramolecular Hbond substituents is 1. The van der Waals surface area contributed by atoms with Crippen LogP contribution in [0.4, 0.5) is 10.8 Å². The molecule has 9 heteroatoms. The number of hydrogen-bond acceptors (Lipinski definition) is 7. The van der Waals surface area contributed by atoms with E-state index >= 15 is 0 Å². The first-order valence-corrected chi connectivity index (χ1v) is 11.1. The van der Waals surface area contributed by atoms with E-state index in [0.29, 0.717) is 17.0 Å². The summed E-state index contributed by atoms with van der Waals surface area (Å²) in [6.45, 7) is 0.0474. The Morgan fingerprint density at radius 2 is 1.58 bits per heavy atom. The summed E-state index contributed by atoms with van der Waals surface area (Å²) in [4.78, 5) is 12.4. The predicted molar refractivity (Wildman–Crippen MR) is 135 cm³/mol. The van der Waals surface area contributed by atoms with Gasteiger partial charge in [-0.2, -0.15) is 5.10 Å². The molecule has 0 radical (unpaired) electrons. The van der Waals surface area contributed by atoms with E-state index in [1.165, 1.54) is 0 Å². The highest BCUT2D eigenvalue weighted by atomic mass is 16.5. The van der Waals surface area contributed by atoms with Gasteiger partial charge in [0.25, 0.3) is 5.89 Å². The summed E-state index contributed by atoms with van der Waals surface area (Å²) in [7, 11) is 0. The Labute approximate surface area is 206 Å². The molecule has 0 bridgehead atoms. The molecular weight excluding hydrogens is 458 g/mol. The molecule has 36 heavy (non-hydrogen) atoms. The second-order valence-corrected chi connectivity index (χ2v) is 7.74. The molecule has 2 amide bonds. The number of fused-ring (bicyclic) bond motifs is 1. The molecule has 178 valence electrons. The lowest BCUT2D eigenvalue weighted by Gasteiger charge is -2.08. The van der Waals surface area contributed by atoms with E-state index in [9.17, 15) is 9.90 Å². The van der Waals surface area contributed by atoms with Crippen LogP contribution in [0.15, 0.2) is 107 Å². The molecule has 0 saturated heterocycles. The van der Waals surface area contributed by atoms with E-state index in [-0.39, 0.29) is 24.3 Å². The van der Waals surface area contributed by atoms with Crippen LogP contribution >= 0.6 is 0 Å². The number of aromatic nitrogens is 2. The van der Waals surface area contributed by atoms with E-state index in [1.54, 1.807) is 24.3 Å². The summed E-state index contributed by atoms with van der Waals surface area (Å²) in [6, 6.07) is 28.8. The lowest BCUT2D eigenvalue weighted by atomic mass is 10.0. The van der Waals surface area contributed by atoms with Crippen molar-refractivity contribution in [1.29, 1.82) is 0 Å². The number of hydrogen-bond donors (Lipinski definition) is 3. The molecule has 0 unspecified atom stereocenters. The molecule has 1 aromatic heterocycles. The van der Waals surface area contributed by atoms with Crippen molar-refractivity contribution in [3.05, 3.63) is 114 Å². The molecule has 4 aromatic carbocycles. The van der Waals surface area contributed by atoms with Gasteiger partial charge < -0.3 is 14.3 Å². The fourth-order valence-corrected chi connectivity index (χ4v) is 3.51. The van der Waals surface area contributed by atoms with Gasteiger partial charge in [-0.25, -0.2) is 10.2 Å². The van der Waals surface area contributed by atoms with Gasteiger partial charge >= 0.3 is 12.0 Å². The highest BCUT2D eigenvalue weighted by Gasteiger charge is 2.12. The monoisotopic (exact) mass is 479 g/mol. The van der Waals surface area contributed by atoms with Gasteiger partial charge in [-0.15, -0.1) is 5.10 Å². The number of amides is 2. The third-order valence-electron chi connectivity index (χ3n) is 5.23. The predicted octanol–water partition coefficient (Wildman–Crippen LogP) is 5.08. The van der Waals surface area contributed by atoms with Gasteiger partial charge in [-0.1, -0.05) is 65.8 Å². The SMILES string of the molecule is O=C(N/N=C(/c1ccccc1)c1ccc(O)cc1)Nc1nnc(COc2ccc3ccccc3c2)o1. The van der Waals surface area contributed by atoms with Gasteiger partial charge in [0.1, 0.15) is 11.5 Å². The van der Waals surface area contributed by atoms with Gasteiger partial charge in [0.05, 0.1) is 5.71 Å². The second kappa shape index (κ2) is 10.4. The summed E-state index contributed by atoms with van der Waals surface area (Å²) in [5.74, 6) is 1.00. The molecule has 0 aliphatic rings. The Morgan fingerprint density at radius 1 is 0.861 bits per heavy atom. The Morgan fingerprint density at radius 3 is 2.39 bits per heavy atom. The number of carbonyl (C=O) groups excluding carboxylic acids is 1. The van der Waals surface area contributed by atoms with Crippen LogP contribution in [0.5, 0.6) is 11.5 Å². The Balaban J connectivity index is 1.22. The van der Waals surface area contributed by atoms with Crippen LogP contribution in [0.2, 0.25) is 0 Å². The van der Waals surface area contributed by atoms with E-state index in [0.717, 1.165) is 16.3 Å². The first-order chi connectivity index (χ1) is 17.6. The minimum Gasteiger partial charge on any atom is -0.508 e. The first kappa shape index (κ1) is 22.6. The number of urea groups is 1. The van der Waals surface area contributed by atoms with Crippen molar-refractivity contribution in [2.75, 3.05) is 5.32 Å². The van der Waals surface area contributed by atoms with Crippen molar-refractivity contribution in [2.24, 2.45) is 5.10 Å². The first-order valence-electron chi connectivity index (χ1n) is 11.1. The van der Waals surface area contributed by atoms with E-state index in [2.05, 4.69) is 26.0 Å². The molecule has 0 fully saturated rings. The van der Waals surface area contributed by atoms with Crippen LogP contribution in [-0.4, -0.2) is 27.0 Å². The second-order valence-electron chi connectivity index (χ2n) is 7.74. The zero-order valence-corrected chi connectivity index (χ0v) is 19.0. The number of anilines is 1. The lowest BCUT2D eigenvalue weighted by Crippen LogP contribution is -2.26. The molecule has 0 aliphatic heterocycles. The van der Waals surface area contributed by atoms with Gasteiger partial charge in [-0.05, 0) is 47.2 Å². The number of aromatic hydroxyl groups is 1. The number of benzene rings is 4. The molecule has 0 spiro atoms. The highest BCUT2D eigenvalue weighted by Crippen LogP contribution is 2.21. The lowest BCUT2D eigenvalue weighted by molar-refractivity contribution is 0.250. The van der Waals surface area contributed by atoms with Crippen molar-refractivity contribution < 1.29 is 19.1 Å². The molecule has 3 N–H and O–H groups in total. The third kappa shape index (κ3) is 5.48. The molecule has 0 aliphatic carbocycles. The summed E-state index contributed by atoms with van der Waals surface area (Å²) < 4.78 is 11.2. The molecule has 1 heterocycles. The molecule has 0 atom stereocenters. The minimum absolute atomic E-state index is 0.0474. The van der Waals surface area contributed by atoms with Crippen molar-refractivity contribution in [3.8, 4) is 11.5 Å². The topological polar surface area (TPSA) is 122 Å². The summed E-state index contributed by atoms with van der Waals surface area (Å²) in [6.07, 6.45) is 0. The zero-order chi connectivity index (χ0) is 24.7. The van der Waals surface area contributed by atoms with Gasteiger partial charge in [0.2, 0.25) is 0 Å². The number of hydrazone groups is 1. The number of rotatable bonds is 7. The summed E-state index contributed by atoms with van der Waals surface area (Å²) in [5, 5.41) is 26.2. The van der Waals surface area contributed by atoms with Crippen molar-refractivity contribution in [1.82, 2.24) is 15.6 Å². The maximum atomic E-state index is 12.4. The summed E-state index contributed by atoms with van der Waals surface area (Å²) >= 11 is 0. The Kier molecular flexibility index (Phi) is 6.53. The maximum absolute atomic E-state index is 12.4. The van der Waals surface area contributed by atoms with Crippen molar-refractivity contribution in [2.45, 2.75) is 6.61 Å². The Hall–Kier alpha value is -5.18. The van der Waals surface area contributed by atoms with E-state index < -0.39 is 6.03 Å². The molecule has 5 rings (SSSR count). The zero-order valence-electron chi connectivity index (χ0n) is 19.0. The van der Waals surface area contributed by atoms with Crippen LogP contribution < -0.4 is 15.5 Å². The molecular formula is C27H21N5O4. The van der Waals surface area contributed by atoms with Crippen molar-refractivity contribution >= 4 is 28.5 Å². The smallest absolute Gasteiger partial charge is 0.343 e. The number of ether oxygens (including phenoxy) is 1. The largest absolute Gasteiger partial charge is 0.508 e. The van der Waals surface area contributed by atoms with Crippen molar-refractivity contribution in [3.63, 3.8) is 0 Å². The number of nitrogens with zero attached hydrogens (tertiary/aromatic N) is 3. The van der Waals surface area contributed by atoms with Gasteiger partial charge in [-0.3, -0.25) is 5.32 Å². The number of phenols is 1. The average Bonchev–Trinajstić information content (AvgIpc) is 3.36. The number of nitrogens with one attached hydrogen (secondary N) is 2. The standard InChI is InChI=1S/C27H21N5O4/c33-22-13-10-20(11-14-22)25(19-7-2-1-3-8-19)30-31-26(34)28-27-32-29-24(36-27)17-35-23-15-12-18-6-4-5-9-21(18)16-23/h1-16,33H,17H2,(H2,28,31,32,34)/b30-25-. The highest BCUT2D eigenvalue weighted by molar-refractivity contribution is 6.13. The summed E-state index contributed by atoms with van der Waals surface area (Å²) in [5.41, 5.74) is 4.46. The molecule has 5 aromatic rings.